The minimum atomic E-state index is 0.624. The Morgan fingerprint density at radius 2 is 2.36 bits per heavy atom. The standard InChI is InChI=1S/C9H8ClN/c10-9-8-4-2-1-3-7(8)5-6-11-9/h2,4-6H,1,3H2. The molecule has 0 amide bonds. The van der Waals surface area contributed by atoms with Gasteiger partial charge in [0.15, 0.2) is 0 Å². The van der Waals surface area contributed by atoms with Crippen LogP contribution >= 0.6 is 11.6 Å². The zero-order chi connectivity index (χ0) is 7.68. The first-order valence-electron chi connectivity index (χ1n) is 3.68. The summed E-state index contributed by atoms with van der Waals surface area (Å²) in [5.74, 6) is 0. The van der Waals surface area contributed by atoms with E-state index in [1.165, 1.54) is 5.56 Å². The molecule has 1 aromatic heterocycles. The average molecular weight is 166 g/mol. The fourth-order valence-electron chi connectivity index (χ4n) is 1.32. The summed E-state index contributed by atoms with van der Waals surface area (Å²) in [6.45, 7) is 0. The first-order valence-corrected chi connectivity index (χ1v) is 4.05. The summed E-state index contributed by atoms with van der Waals surface area (Å²) in [5, 5.41) is 0.624. The first kappa shape index (κ1) is 6.86. The van der Waals surface area contributed by atoms with Gasteiger partial charge in [-0.1, -0.05) is 23.8 Å². The summed E-state index contributed by atoms with van der Waals surface area (Å²) in [5.41, 5.74) is 2.41. The third-order valence-electron chi connectivity index (χ3n) is 1.90. The van der Waals surface area contributed by atoms with Crippen LogP contribution in [0.15, 0.2) is 18.3 Å². The molecule has 1 aliphatic carbocycles. The SMILES string of the molecule is Clc1nccc2c1C=CCC2. The number of allylic oxidation sites excluding steroid dienone is 1. The van der Waals surface area contributed by atoms with Gasteiger partial charge in [0.1, 0.15) is 5.15 Å². The van der Waals surface area contributed by atoms with Crippen molar-refractivity contribution in [3.8, 4) is 0 Å². The van der Waals surface area contributed by atoms with Crippen molar-refractivity contribution in [3.63, 3.8) is 0 Å². The monoisotopic (exact) mass is 165 g/mol. The number of fused-ring (bicyclic) bond motifs is 1. The van der Waals surface area contributed by atoms with Crippen molar-refractivity contribution in [2.24, 2.45) is 0 Å². The third kappa shape index (κ3) is 1.16. The molecule has 0 radical (unpaired) electrons. The Bertz CT molecular complexity index is 304. The summed E-state index contributed by atoms with van der Waals surface area (Å²) < 4.78 is 0. The van der Waals surface area contributed by atoms with Crippen molar-refractivity contribution >= 4 is 17.7 Å². The van der Waals surface area contributed by atoms with E-state index in [4.69, 9.17) is 11.6 Å². The van der Waals surface area contributed by atoms with Crippen LogP contribution in [0.1, 0.15) is 17.5 Å². The van der Waals surface area contributed by atoms with Gasteiger partial charge in [0.05, 0.1) is 0 Å². The Morgan fingerprint density at radius 3 is 3.18 bits per heavy atom. The van der Waals surface area contributed by atoms with Gasteiger partial charge < -0.3 is 0 Å². The Labute approximate surface area is 70.7 Å². The second-order valence-corrected chi connectivity index (χ2v) is 2.97. The van der Waals surface area contributed by atoms with Gasteiger partial charge >= 0.3 is 0 Å². The minimum Gasteiger partial charge on any atom is -0.244 e. The van der Waals surface area contributed by atoms with Crippen LogP contribution in [-0.4, -0.2) is 4.98 Å². The van der Waals surface area contributed by atoms with E-state index in [2.05, 4.69) is 11.1 Å². The van der Waals surface area contributed by atoms with Gasteiger partial charge in [0.25, 0.3) is 0 Å². The number of aromatic nitrogens is 1. The van der Waals surface area contributed by atoms with Crippen molar-refractivity contribution in [3.05, 3.63) is 34.6 Å². The van der Waals surface area contributed by atoms with Crippen LogP contribution in [0.4, 0.5) is 0 Å². The summed E-state index contributed by atoms with van der Waals surface area (Å²) in [6, 6.07) is 2.03. The van der Waals surface area contributed by atoms with E-state index >= 15 is 0 Å². The van der Waals surface area contributed by atoms with Crippen LogP contribution in [0.5, 0.6) is 0 Å². The van der Waals surface area contributed by atoms with Gasteiger partial charge in [-0.15, -0.1) is 0 Å². The Morgan fingerprint density at radius 1 is 1.45 bits per heavy atom. The van der Waals surface area contributed by atoms with Crippen LogP contribution in [0.2, 0.25) is 5.15 Å². The van der Waals surface area contributed by atoms with Crippen LogP contribution < -0.4 is 0 Å². The fraction of sp³-hybridized carbons (Fsp3) is 0.222. The van der Waals surface area contributed by atoms with E-state index in [0.717, 1.165) is 18.4 Å². The summed E-state index contributed by atoms with van der Waals surface area (Å²) in [7, 11) is 0. The lowest BCUT2D eigenvalue weighted by Gasteiger charge is -2.09. The molecule has 0 atom stereocenters. The Kier molecular flexibility index (Phi) is 1.66. The smallest absolute Gasteiger partial charge is 0.136 e. The number of hydrogen-bond acceptors (Lipinski definition) is 1. The second-order valence-electron chi connectivity index (χ2n) is 2.62. The van der Waals surface area contributed by atoms with Crippen molar-refractivity contribution < 1.29 is 0 Å². The normalized spacial score (nSPS) is 14.6. The number of aryl methyl sites for hydroxylation is 1. The highest BCUT2D eigenvalue weighted by atomic mass is 35.5. The number of nitrogens with zero attached hydrogens (tertiary/aromatic N) is 1. The summed E-state index contributed by atoms with van der Waals surface area (Å²) in [6.07, 6.45) is 8.16. The van der Waals surface area contributed by atoms with Crippen LogP contribution in [0.25, 0.3) is 6.08 Å². The predicted molar refractivity (Wildman–Crippen MR) is 46.6 cm³/mol. The maximum atomic E-state index is 5.88. The molecule has 0 N–H and O–H groups in total. The van der Waals surface area contributed by atoms with Crippen molar-refractivity contribution in [2.45, 2.75) is 12.8 Å². The van der Waals surface area contributed by atoms with Gasteiger partial charge in [-0.05, 0) is 24.5 Å². The zero-order valence-corrected chi connectivity index (χ0v) is 6.80. The molecule has 0 aliphatic heterocycles. The summed E-state index contributed by atoms with van der Waals surface area (Å²) in [4.78, 5) is 4.01. The number of pyridine rings is 1. The molecule has 1 nitrogen and oxygen atoms in total. The average Bonchev–Trinajstić information content (AvgIpc) is 2.06. The van der Waals surface area contributed by atoms with Crippen LogP contribution in [0.3, 0.4) is 0 Å². The van der Waals surface area contributed by atoms with Crippen molar-refractivity contribution in [2.75, 3.05) is 0 Å². The Balaban J connectivity index is 2.60. The molecule has 0 unspecified atom stereocenters. The van der Waals surface area contributed by atoms with E-state index in [9.17, 15) is 0 Å². The maximum absolute atomic E-state index is 5.88. The van der Waals surface area contributed by atoms with Gasteiger partial charge in [-0.3, -0.25) is 0 Å². The topological polar surface area (TPSA) is 12.9 Å². The lowest BCUT2D eigenvalue weighted by molar-refractivity contribution is 0.977. The molecule has 0 bridgehead atoms. The number of rotatable bonds is 0. The molecule has 2 heteroatoms. The molecule has 11 heavy (non-hydrogen) atoms. The Hall–Kier alpha value is -0.820. The molecule has 0 saturated carbocycles. The predicted octanol–water partition coefficient (Wildman–Crippen LogP) is 2.69. The van der Waals surface area contributed by atoms with Crippen molar-refractivity contribution in [1.29, 1.82) is 0 Å². The fourth-order valence-corrected chi connectivity index (χ4v) is 1.56. The van der Waals surface area contributed by atoms with Gasteiger partial charge in [0, 0.05) is 11.8 Å². The highest BCUT2D eigenvalue weighted by Crippen LogP contribution is 2.23. The molecule has 0 fully saturated rings. The lowest BCUT2D eigenvalue weighted by Crippen LogP contribution is -1.95. The largest absolute Gasteiger partial charge is 0.244 e. The quantitative estimate of drug-likeness (QED) is 0.539. The number of halogens is 1. The molecular weight excluding hydrogens is 158 g/mol. The van der Waals surface area contributed by atoms with E-state index in [-0.39, 0.29) is 0 Å². The van der Waals surface area contributed by atoms with Crippen molar-refractivity contribution in [1.82, 2.24) is 4.98 Å². The molecule has 2 rings (SSSR count). The second kappa shape index (κ2) is 2.67. The molecular formula is C9H8ClN. The molecule has 1 aromatic rings. The first-order chi connectivity index (χ1) is 5.38. The molecule has 56 valence electrons. The third-order valence-corrected chi connectivity index (χ3v) is 2.20. The highest BCUT2D eigenvalue weighted by Gasteiger charge is 2.07. The molecule has 0 spiro atoms. The van der Waals surface area contributed by atoms with Crippen LogP contribution in [-0.2, 0) is 6.42 Å². The minimum absolute atomic E-state index is 0.624. The molecule has 0 aromatic carbocycles. The highest BCUT2D eigenvalue weighted by molar-refractivity contribution is 6.31. The maximum Gasteiger partial charge on any atom is 0.136 e. The van der Waals surface area contributed by atoms with E-state index in [0.29, 0.717) is 5.15 Å². The van der Waals surface area contributed by atoms with E-state index in [1.54, 1.807) is 6.20 Å². The van der Waals surface area contributed by atoms with Gasteiger partial charge in [-0.2, -0.15) is 0 Å². The molecule has 0 saturated heterocycles. The van der Waals surface area contributed by atoms with Crippen LogP contribution in [0, 0.1) is 0 Å². The lowest BCUT2D eigenvalue weighted by atomic mass is 10.00. The van der Waals surface area contributed by atoms with Gasteiger partial charge in [0.2, 0.25) is 0 Å². The summed E-state index contributed by atoms with van der Waals surface area (Å²) >= 11 is 5.88. The van der Waals surface area contributed by atoms with Gasteiger partial charge in [-0.25, -0.2) is 4.98 Å². The van der Waals surface area contributed by atoms with E-state index in [1.807, 2.05) is 12.1 Å². The zero-order valence-electron chi connectivity index (χ0n) is 6.05. The molecule has 1 aliphatic rings. The van der Waals surface area contributed by atoms with E-state index < -0.39 is 0 Å². The number of hydrogen-bond donors (Lipinski definition) is 0. The molecule has 1 heterocycles.